The highest BCUT2D eigenvalue weighted by molar-refractivity contribution is 6.05. The molecule has 3 aromatic rings. The van der Waals surface area contributed by atoms with Gasteiger partial charge in [-0.1, -0.05) is 31.4 Å². The molecule has 1 saturated carbocycles. The van der Waals surface area contributed by atoms with E-state index in [1.54, 1.807) is 18.2 Å². The first-order valence-electron chi connectivity index (χ1n) is 8.80. The number of Topliss-reactive ketones (excluding diaryl/α,β-unsaturated/α-hetero) is 1. The fraction of sp³-hybridized carbons (Fsp3) is 0.333. The van der Waals surface area contributed by atoms with Gasteiger partial charge >= 0.3 is 0 Å². The van der Waals surface area contributed by atoms with E-state index in [0.717, 1.165) is 30.3 Å². The first kappa shape index (κ1) is 16.0. The summed E-state index contributed by atoms with van der Waals surface area (Å²) in [6.45, 7) is 0. The predicted molar refractivity (Wildman–Crippen MR) is 99.1 cm³/mol. The van der Waals surface area contributed by atoms with Crippen LogP contribution in [-0.4, -0.2) is 21.1 Å². The number of pyridine rings is 1. The summed E-state index contributed by atoms with van der Waals surface area (Å²) >= 11 is 0. The molecule has 4 rings (SSSR count). The minimum Gasteiger partial charge on any atom is -0.382 e. The van der Waals surface area contributed by atoms with E-state index in [9.17, 15) is 14.7 Å². The van der Waals surface area contributed by atoms with Gasteiger partial charge in [0.25, 0.3) is 0 Å². The van der Waals surface area contributed by atoms with Gasteiger partial charge in [-0.3, -0.25) is 9.59 Å². The quantitative estimate of drug-likeness (QED) is 0.575. The van der Waals surface area contributed by atoms with E-state index in [-0.39, 0.29) is 11.2 Å². The van der Waals surface area contributed by atoms with Crippen molar-refractivity contribution in [1.29, 1.82) is 0 Å². The van der Waals surface area contributed by atoms with Gasteiger partial charge in [-0.25, -0.2) is 0 Å². The Morgan fingerprint density at radius 3 is 2.44 bits per heavy atom. The van der Waals surface area contributed by atoms with Gasteiger partial charge in [0.15, 0.2) is 11.2 Å². The Morgan fingerprint density at radius 1 is 1.00 bits per heavy atom. The van der Waals surface area contributed by atoms with Crippen LogP contribution in [0, 0.1) is 0 Å². The molecule has 0 spiro atoms. The second-order valence-electron chi connectivity index (χ2n) is 7.06. The van der Waals surface area contributed by atoms with Gasteiger partial charge in [-0.15, -0.1) is 0 Å². The molecule has 4 nitrogen and oxygen atoms in total. The van der Waals surface area contributed by atoms with Crippen molar-refractivity contribution >= 4 is 27.6 Å². The number of ketones is 1. The van der Waals surface area contributed by atoms with E-state index in [1.165, 1.54) is 0 Å². The largest absolute Gasteiger partial charge is 0.382 e. The zero-order valence-electron chi connectivity index (χ0n) is 14.3. The number of nitrogens with zero attached hydrogens (tertiary/aromatic N) is 1. The van der Waals surface area contributed by atoms with Crippen molar-refractivity contribution in [1.82, 2.24) is 4.57 Å². The molecule has 1 aliphatic carbocycles. The zero-order valence-corrected chi connectivity index (χ0v) is 14.3. The Balaban J connectivity index is 1.91. The molecule has 1 aromatic heterocycles. The van der Waals surface area contributed by atoms with Crippen molar-refractivity contribution < 1.29 is 9.90 Å². The lowest BCUT2D eigenvalue weighted by molar-refractivity contribution is 0.0116. The maximum Gasteiger partial charge on any atom is 0.197 e. The van der Waals surface area contributed by atoms with Gasteiger partial charge < -0.3 is 9.67 Å². The smallest absolute Gasteiger partial charge is 0.197 e. The number of fused-ring (bicyclic) bond motifs is 2. The number of benzene rings is 2. The number of carbonyl (C=O) groups is 1. The SMILES string of the molecule is Cn1c2ccccc2c(=O)c2cc(C(=O)C3(O)CCCCC3)ccc21. The van der Waals surface area contributed by atoms with Gasteiger partial charge in [-0.2, -0.15) is 0 Å². The summed E-state index contributed by atoms with van der Waals surface area (Å²) in [5.41, 5.74) is 0.715. The van der Waals surface area contributed by atoms with Crippen LogP contribution < -0.4 is 5.43 Å². The molecular weight excluding hydrogens is 314 g/mol. The fourth-order valence-electron chi connectivity index (χ4n) is 4.02. The van der Waals surface area contributed by atoms with Crippen molar-refractivity contribution in [2.45, 2.75) is 37.7 Å². The van der Waals surface area contributed by atoms with Crippen molar-refractivity contribution in [3.63, 3.8) is 0 Å². The summed E-state index contributed by atoms with van der Waals surface area (Å²) in [4.78, 5) is 25.8. The van der Waals surface area contributed by atoms with Crippen LogP contribution in [0.25, 0.3) is 21.8 Å². The second kappa shape index (κ2) is 5.81. The third-order valence-corrected chi connectivity index (χ3v) is 5.48. The zero-order chi connectivity index (χ0) is 17.6. The van der Waals surface area contributed by atoms with Gasteiger partial charge in [0.05, 0.1) is 11.0 Å². The number of hydrogen-bond donors (Lipinski definition) is 1. The number of para-hydroxylation sites is 1. The average Bonchev–Trinajstić information content (AvgIpc) is 2.65. The summed E-state index contributed by atoms with van der Waals surface area (Å²) in [5, 5.41) is 11.9. The monoisotopic (exact) mass is 335 g/mol. The van der Waals surface area contributed by atoms with Crippen molar-refractivity contribution in [2.75, 3.05) is 0 Å². The van der Waals surface area contributed by atoms with Gasteiger partial charge in [0, 0.05) is 23.4 Å². The summed E-state index contributed by atoms with van der Waals surface area (Å²) in [6, 6.07) is 12.7. The van der Waals surface area contributed by atoms with Crippen molar-refractivity contribution in [3.8, 4) is 0 Å². The number of aliphatic hydroxyl groups is 1. The van der Waals surface area contributed by atoms with Crippen molar-refractivity contribution in [3.05, 3.63) is 58.3 Å². The number of carbonyl (C=O) groups excluding carboxylic acids is 1. The van der Waals surface area contributed by atoms with Crippen LogP contribution in [0.3, 0.4) is 0 Å². The molecule has 0 aliphatic heterocycles. The van der Waals surface area contributed by atoms with E-state index >= 15 is 0 Å². The highest BCUT2D eigenvalue weighted by Crippen LogP contribution is 2.32. The highest BCUT2D eigenvalue weighted by Gasteiger charge is 2.37. The molecule has 0 unspecified atom stereocenters. The number of rotatable bonds is 2. The molecule has 128 valence electrons. The maximum atomic E-state index is 12.9. The summed E-state index contributed by atoms with van der Waals surface area (Å²) in [7, 11) is 1.92. The lowest BCUT2D eigenvalue weighted by atomic mass is 9.79. The molecule has 1 heterocycles. The molecule has 2 aromatic carbocycles. The fourth-order valence-corrected chi connectivity index (χ4v) is 4.02. The first-order chi connectivity index (χ1) is 12.0. The Labute approximate surface area is 145 Å². The number of aryl methyl sites for hydroxylation is 1. The summed E-state index contributed by atoms with van der Waals surface area (Å²) in [5.74, 6) is -0.260. The maximum absolute atomic E-state index is 12.9. The molecule has 0 amide bonds. The van der Waals surface area contributed by atoms with Crippen LogP contribution in [0.4, 0.5) is 0 Å². The van der Waals surface area contributed by atoms with Gasteiger partial charge in [0.2, 0.25) is 0 Å². The normalized spacial score (nSPS) is 17.0. The van der Waals surface area contributed by atoms with E-state index in [1.807, 2.05) is 35.9 Å². The van der Waals surface area contributed by atoms with E-state index < -0.39 is 5.60 Å². The van der Waals surface area contributed by atoms with E-state index in [4.69, 9.17) is 0 Å². The molecule has 1 N–H and O–H groups in total. The number of aromatic nitrogens is 1. The van der Waals surface area contributed by atoms with Crippen LogP contribution >= 0.6 is 0 Å². The molecular formula is C21H21NO3. The molecule has 4 heteroatoms. The molecule has 25 heavy (non-hydrogen) atoms. The van der Waals surface area contributed by atoms with Crippen LogP contribution in [0.15, 0.2) is 47.3 Å². The van der Waals surface area contributed by atoms with Crippen LogP contribution in [-0.2, 0) is 7.05 Å². The highest BCUT2D eigenvalue weighted by atomic mass is 16.3. The average molecular weight is 335 g/mol. The minimum absolute atomic E-state index is 0.0750. The standard InChI is InChI=1S/C21H21NO3/c1-22-17-8-4-3-7-15(17)19(23)16-13-14(9-10-18(16)22)20(24)21(25)11-5-2-6-12-21/h3-4,7-10,13,25H,2,5-6,11-12H2,1H3. The Kier molecular flexibility index (Phi) is 3.73. The summed E-state index contributed by atoms with van der Waals surface area (Å²) in [6.07, 6.45) is 3.78. The third kappa shape index (κ3) is 2.48. The topological polar surface area (TPSA) is 59.3 Å². The Morgan fingerprint density at radius 2 is 1.68 bits per heavy atom. The van der Waals surface area contributed by atoms with E-state index in [0.29, 0.717) is 29.2 Å². The summed E-state index contributed by atoms with van der Waals surface area (Å²) < 4.78 is 1.97. The Hall–Kier alpha value is -2.46. The van der Waals surface area contributed by atoms with Gasteiger partial charge in [-0.05, 0) is 43.2 Å². The molecule has 0 atom stereocenters. The second-order valence-corrected chi connectivity index (χ2v) is 7.06. The minimum atomic E-state index is -1.28. The van der Waals surface area contributed by atoms with Crippen molar-refractivity contribution in [2.24, 2.45) is 7.05 Å². The lowest BCUT2D eigenvalue weighted by Gasteiger charge is -2.30. The molecule has 1 aliphatic rings. The van der Waals surface area contributed by atoms with Gasteiger partial charge in [0.1, 0.15) is 5.60 Å². The number of hydrogen-bond acceptors (Lipinski definition) is 3. The predicted octanol–water partition coefficient (Wildman–Crippen LogP) is 3.57. The molecule has 0 bridgehead atoms. The lowest BCUT2D eigenvalue weighted by Crippen LogP contribution is -2.40. The molecule has 0 saturated heterocycles. The third-order valence-electron chi connectivity index (χ3n) is 5.48. The Bertz CT molecular complexity index is 1040. The van der Waals surface area contributed by atoms with Crippen LogP contribution in [0.5, 0.6) is 0 Å². The first-order valence-corrected chi connectivity index (χ1v) is 8.80. The molecule has 0 radical (unpaired) electrons. The van der Waals surface area contributed by atoms with Crippen LogP contribution in [0.1, 0.15) is 42.5 Å². The van der Waals surface area contributed by atoms with E-state index in [2.05, 4.69) is 0 Å². The van der Waals surface area contributed by atoms with Crippen LogP contribution in [0.2, 0.25) is 0 Å². The molecule has 1 fully saturated rings.